The van der Waals surface area contributed by atoms with Crippen LogP contribution in [0.5, 0.6) is 11.5 Å². The first-order valence-corrected chi connectivity index (χ1v) is 7.04. The van der Waals surface area contributed by atoms with E-state index >= 15 is 0 Å². The van der Waals surface area contributed by atoms with Crippen LogP contribution in [0.1, 0.15) is 31.9 Å². The molecule has 1 heterocycles. The van der Waals surface area contributed by atoms with Crippen molar-refractivity contribution in [2.24, 2.45) is 5.92 Å². The van der Waals surface area contributed by atoms with Crippen molar-refractivity contribution in [2.75, 3.05) is 26.2 Å². The Morgan fingerprint density at radius 3 is 2.24 bits per heavy atom. The van der Waals surface area contributed by atoms with E-state index in [2.05, 4.69) is 24.1 Å². The predicted molar refractivity (Wildman–Crippen MR) is 90.9 cm³/mol. The van der Waals surface area contributed by atoms with E-state index < -0.39 is 0 Å². The molecule has 1 fully saturated rings. The third-order valence-corrected chi connectivity index (χ3v) is 3.67. The fraction of sp³-hybridized carbons (Fsp3) is 0.600. The van der Waals surface area contributed by atoms with Crippen LogP contribution in [0.3, 0.4) is 0 Å². The summed E-state index contributed by atoms with van der Waals surface area (Å²) >= 11 is 0. The predicted octanol–water partition coefficient (Wildman–Crippen LogP) is 2.93. The maximum atomic E-state index is 9.70. The van der Waals surface area contributed by atoms with Gasteiger partial charge in [0.1, 0.15) is 0 Å². The molecule has 1 saturated heterocycles. The summed E-state index contributed by atoms with van der Waals surface area (Å²) < 4.78 is 0. The number of nitrogens with zero attached hydrogens (tertiary/aromatic N) is 1. The molecule has 2 rings (SSSR count). The summed E-state index contributed by atoms with van der Waals surface area (Å²) in [6, 6.07) is 5.52. The molecule has 3 N–H and O–H groups in total. The molecule has 21 heavy (non-hydrogen) atoms. The minimum atomic E-state index is -0.0487. The van der Waals surface area contributed by atoms with Gasteiger partial charge in [0.25, 0.3) is 0 Å². The van der Waals surface area contributed by atoms with Crippen LogP contribution in [0.2, 0.25) is 0 Å². The monoisotopic (exact) mass is 336 g/mol. The van der Waals surface area contributed by atoms with E-state index in [0.29, 0.717) is 12.0 Å². The highest BCUT2D eigenvalue weighted by atomic mass is 35.5. The molecule has 1 aromatic carbocycles. The molecule has 0 saturated carbocycles. The fourth-order valence-corrected chi connectivity index (χ4v) is 2.68. The first kappa shape index (κ1) is 20.3. The van der Waals surface area contributed by atoms with Crippen LogP contribution >= 0.6 is 24.8 Å². The van der Waals surface area contributed by atoms with Gasteiger partial charge in [-0.3, -0.25) is 4.90 Å². The van der Waals surface area contributed by atoms with Gasteiger partial charge in [0.05, 0.1) is 0 Å². The molecule has 0 aliphatic carbocycles. The van der Waals surface area contributed by atoms with Crippen LogP contribution < -0.4 is 5.32 Å². The van der Waals surface area contributed by atoms with Crippen LogP contribution in [0, 0.1) is 5.92 Å². The van der Waals surface area contributed by atoms with E-state index in [1.165, 1.54) is 0 Å². The van der Waals surface area contributed by atoms with Gasteiger partial charge in [-0.1, -0.05) is 19.9 Å². The Labute approximate surface area is 139 Å². The number of phenolic OH excluding ortho intramolecular Hbond substituents is 2. The molecule has 1 aliphatic heterocycles. The largest absolute Gasteiger partial charge is 0.504 e. The maximum absolute atomic E-state index is 9.70. The average molecular weight is 337 g/mol. The van der Waals surface area contributed by atoms with Gasteiger partial charge >= 0.3 is 0 Å². The van der Waals surface area contributed by atoms with Crippen molar-refractivity contribution in [3.63, 3.8) is 0 Å². The minimum Gasteiger partial charge on any atom is -0.504 e. The molecule has 0 spiro atoms. The van der Waals surface area contributed by atoms with Gasteiger partial charge in [-0.25, -0.2) is 0 Å². The van der Waals surface area contributed by atoms with Crippen molar-refractivity contribution in [1.29, 1.82) is 0 Å². The van der Waals surface area contributed by atoms with Crippen LogP contribution in [0.25, 0.3) is 0 Å². The van der Waals surface area contributed by atoms with Gasteiger partial charge in [0.2, 0.25) is 0 Å². The van der Waals surface area contributed by atoms with Crippen molar-refractivity contribution in [3.8, 4) is 11.5 Å². The highest BCUT2D eigenvalue weighted by molar-refractivity contribution is 5.85. The van der Waals surface area contributed by atoms with E-state index in [4.69, 9.17) is 0 Å². The van der Waals surface area contributed by atoms with Gasteiger partial charge in [-0.2, -0.15) is 0 Å². The zero-order chi connectivity index (χ0) is 13.8. The van der Waals surface area contributed by atoms with Gasteiger partial charge in [-0.15, -0.1) is 24.8 Å². The van der Waals surface area contributed by atoms with Crippen LogP contribution in [-0.4, -0.2) is 41.3 Å². The number of benzene rings is 1. The van der Waals surface area contributed by atoms with Gasteiger partial charge in [-0.05, 0) is 30.0 Å². The number of hydrogen-bond acceptors (Lipinski definition) is 4. The summed E-state index contributed by atoms with van der Waals surface area (Å²) in [5.41, 5.74) is 1.09. The quantitative estimate of drug-likeness (QED) is 0.740. The molecule has 0 unspecified atom stereocenters. The third kappa shape index (κ3) is 5.55. The highest BCUT2D eigenvalue weighted by Gasteiger charge is 2.23. The fourth-order valence-electron chi connectivity index (χ4n) is 2.68. The Bertz CT molecular complexity index is 424. The number of phenols is 2. The topological polar surface area (TPSA) is 55.7 Å². The van der Waals surface area contributed by atoms with E-state index in [1.54, 1.807) is 12.1 Å². The summed E-state index contributed by atoms with van der Waals surface area (Å²) in [5, 5.41) is 22.5. The Morgan fingerprint density at radius 2 is 1.71 bits per heavy atom. The molecule has 0 amide bonds. The molecule has 0 radical (unpaired) electrons. The second kappa shape index (κ2) is 9.36. The normalized spacial score (nSPS) is 16.9. The van der Waals surface area contributed by atoms with Crippen LogP contribution in [0.4, 0.5) is 0 Å². The number of piperazine rings is 1. The lowest BCUT2D eigenvalue weighted by atomic mass is 9.94. The second-order valence-electron chi connectivity index (χ2n) is 5.68. The molecule has 1 aliphatic rings. The molecule has 0 aromatic heterocycles. The van der Waals surface area contributed by atoms with Crippen molar-refractivity contribution in [2.45, 2.75) is 26.3 Å². The minimum absolute atomic E-state index is 0. The van der Waals surface area contributed by atoms with Crippen molar-refractivity contribution < 1.29 is 10.2 Å². The standard InChI is InChI=1S/C15H24N2O2.2ClH/c1-11(2)9-13(17-7-5-16-6-8-17)12-3-4-14(18)15(19)10-12;;/h3-4,10-11,13,16,18-19H,5-9H2,1-2H3;2*1H/t13-;;/m0../s1. The second-order valence-corrected chi connectivity index (χ2v) is 5.68. The summed E-state index contributed by atoms with van der Waals surface area (Å²) in [6.07, 6.45) is 1.06. The van der Waals surface area contributed by atoms with Crippen LogP contribution in [0.15, 0.2) is 18.2 Å². The molecule has 1 atom stereocenters. The van der Waals surface area contributed by atoms with E-state index in [0.717, 1.165) is 38.2 Å². The summed E-state index contributed by atoms with van der Waals surface area (Å²) in [5.74, 6) is 0.518. The van der Waals surface area contributed by atoms with E-state index in [-0.39, 0.29) is 36.3 Å². The Balaban J connectivity index is 0.00000200. The van der Waals surface area contributed by atoms with Gasteiger partial charge in [0, 0.05) is 32.2 Å². The van der Waals surface area contributed by atoms with E-state index in [9.17, 15) is 10.2 Å². The third-order valence-electron chi connectivity index (χ3n) is 3.67. The van der Waals surface area contributed by atoms with E-state index in [1.807, 2.05) is 6.07 Å². The Morgan fingerprint density at radius 1 is 1.10 bits per heavy atom. The van der Waals surface area contributed by atoms with Crippen molar-refractivity contribution >= 4 is 24.8 Å². The summed E-state index contributed by atoms with van der Waals surface area (Å²) in [4.78, 5) is 2.46. The summed E-state index contributed by atoms with van der Waals surface area (Å²) in [7, 11) is 0. The maximum Gasteiger partial charge on any atom is 0.157 e. The zero-order valence-electron chi connectivity index (χ0n) is 12.6. The lowest BCUT2D eigenvalue weighted by Crippen LogP contribution is -2.45. The van der Waals surface area contributed by atoms with Crippen molar-refractivity contribution in [1.82, 2.24) is 10.2 Å². The first-order chi connectivity index (χ1) is 9.08. The zero-order valence-corrected chi connectivity index (χ0v) is 14.2. The Hall–Kier alpha value is -0.680. The SMILES string of the molecule is CC(C)C[C@@H](c1ccc(O)c(O)c1)N1CCNCC1.Cl.Cl. The molecule has 6 heteroatoms. The number of hydrogen-bond donors (Lipinski definition) is 3. The molecule has 0 bridgehead atoms. The number of aromatic hydroxyl groups is 2. The Kier molecular flexibility index (Phi) is 9.06. The number of nitrogens with one attached hydrogen (secondary N) is 1. The molecule has 4 nitrogen and oxygen atoms in total. The lowest BCUT2D eigenvalue weighted by molar-refractivity contribution is 0.154. The molecule has 122 valence electrons. The van der Waals surface area contributed by atoms with Gasteiger partial charge in [0.15, 0.2) is 11.5 Å². The summed E-state index contributed by atoms with van der Waals surface area (Å²) in [6.45, 7) is 8.51. The first-order valence-electron chi connectivity index (χ1n) is 7.04. The molecular weight excluding hydrogens is 311 g/mol. The van der Waals surface area contributed by atoms with Crippen molar-refractivity contribution in [3.05, 3.63) is 23.8 Å². The molecular formula is C15H26Cl2N2O2. The highest BCUT2D eigenvalue weighted by Crippen LogP contribution is 2.33. The van der Waals surface area contributed by atoms with Crippen LogP contribution in [-0.2, 0) is 0 Å². The average Bonchev–Trinajstić information content (AvgIpc) is 2.40. The molecule has 1 aromatic rings. The lowest BCUT2D eigenvalue weighted by Gasteiger charge is -2.36. The smallest absolute Gasteiger partial charge is 0.157 e. The number of rotatable bonds is 4. The van der Waals surface area contributed by atoms with Gasteiger partial charge < -0.3 is 15.5 Å². The number of halogens is 2.